The van der Waals surface area contributed by atoms with Crippen molar-refractivity contribution in [3.05, 3.63) is 59.7 Å². The summed E-state index contributed by atoms with van der Waals surface area (Å²) in [4.78, 5) is 26.8. The molecule has 176 valence electrons. The molecule has 2 amide bonds. The van der Waals surface area contributed by atoms with E-state index in [1.54, 1.807) is 24.3 Å². The lowest BCUT2D eigenvalue weighted by Gasteiger charge is -2.31. The summed E-state index contributed by atoms with van der Waals surface area (Å²) in [6.07, 6.45) is 8.46. The van der Waals surface area contributed by atoms with Crippen LogP contribution in [0.15, 0.2) is 48.5 Å². The number of anilines is 1. The molecule has 1 fully saturated rings. The van der Waals surface area contributed by atoms with Crippen LogP contribution in [0.3, 0.4) is 0 Å². The van der Waals surface area contributed by atoms with Gasteiger partial charge in [0.05, 0.1) is 7.11 Å². The van der Waals surface area contributed by atoms with Gasteiger partial charge in [0.15, 0.2) is 11.5 Å². The maximum atomic E-state index is 12.7. The molecule has 1 aliphatic rings. The SMILES string of the molecule is COc1cc(/C=C/C(=O)Nc2ccc(C(=O)N(C)C3CCCCC3)cc2)ccc1OC(F)F. The Labute approximate surface area is 192 Å². The number of carbonyl (C=O) groups excluding carboxylic acids is 2. The predicted molar refractivity (Wildman–Crippen MR) is 123 cm³/mol. The van der Waals surface area contributed by atoms with Crippen molar-refractivity contribution < 1.29 is 27.8 Å². The van der Waals surface area contributed by atoms with Gasteiger partial charge in [-0.15, -0.1) is 0 Å². The van der Waals surface area contributed by atoms with Crippen LogP contribution in [-0.4, -0.2) is 43.5 Å². The van der Waals surface area contributed by atoms with Crippen molar-refractivity contribution >= 4 is 23.6 Å². The minimum Gasteiger partial charge on any atom is -0.493 e. The Morgan fingerprint density at radius 1 is 1.06 bits per heavy atom. The zero-order valence-electron chi connectivity index (χ0n) is 18.7. The number of carbonyl (C=O) groups is 2. The Balaban J connectivity index is 1.58. The molecule has 0 bridgehead atoms. The predicted octanol–water partition coefficient (Wildman–Crippen LogP) is 5.35. The highest BCUT2D eigenvalue weighted by atomic mass is 19.3. The number of nitrogens with zero attached hydrogens (tertiary/aromatic N) is 1. The lowest BCUT2D eigenvalue weighted by molar-refractivity contribution is -0.111. The average Bonchev–Trinajstić information content (AvgIpc) is 2.83. The average molecular weight is 459 g/mol. The van der Waals surface area contributed by atoms with E-state index in [-0.39, 0.29) is 29.4 Å². The van der Waals surface area contributed by atoms with Crippen molar-refractivity contribution in [2.75, 3.05) is 19.5 Å². The van der Waals surface area contributed by atoms with Gasteiger partial charge in [0.25, 0.3) is 5.91 Å². The normalized spacial score (nSPS) is 14.3. The first-order valence-electron chi connectivity index (χ1n) is 10.9. The largest absolute Gasteiger partial charge is 0.493 e. The van der Waals surface area contributed by atoms with Crippen molar-refractivity contribution in [3.63, 3.8) is 0 Å². The van der Waals surface area contributed by atoms with Gasteiger partial charge in [0.2, 0.25) is 5.91 Å². The van der Waals surface area contributed by atoms with Crippen LogP contribution in [0.4, 0.5) is 14.5 Å². The lowest BCUT2D eigenvalue weighted by Crippen LogP contribution is -2.38. The van der Waals surface area contributed by atoms with Crippen LogP contribution < -0.4 is 14.8 Å². The second-order valence-corrected chi connectivity index (χ2v) is 7.90. The van der Waals surface area contributed by atoms with E-state index in [9.17, 15) is 18.4 Å². The Kier molecular flexibility index (Phi) is 8.40. The van der Waals surface area contributed by atoms with Crippen LogP contribution in [0, 0.1) is 0 Å². The van der Waals surface area contributed by atoms with E-state index in [4.69, 9.17) is 4.74 Å². The minimum absolute atomic E-state index is 0.0205. The third-order valence-corrected chi connectivity index (χ3v) is 5.67. The van der Waals surface area contributed by atoms with Crippen LogP contribution >= 0.6 is 0 Å². The van der Waals surface area contributed by atoms with E-state index in [1.807, 2.05) is 11.9 Å². The number of hydrogen-bond acceptors (Lipinski definition) is 4. The number of rotatable bonds is 8. The van der Waals surface area contributed by atoms with E-state index in [0.29, 0.717) is 16.8 Å². The van der Waals surface area contributed by atoms with Gasteiger partial charge in [-0.05, 0) is 60.9 Å². The highest BCUT2D eigenvalue weighted by Gasteiger charge is 2.22. The standard InChI is InChI=1S/C25H28F2N2O4/c1-29(20-6-4-3-5-7-20)24(31)18-10-12-19(13-11-18)28-23(30)15-9-17-8-14-21(33-25(26)27)22(16-17)32-2/h8-16,20,25H,3-7H2,1-2H3,(H,28,30)/b15-9+. The summed E-state index contributed by atoms with van der Waals surface area (Å²) >= 11 is 0. The highest BCUT2D eigenvalue weighted by Crippen LogP contribution is 2.30. The summed E-state index contributed by atoms with van der Waals surface area (Å²) in [5.41, 5.74) is 1.71. The molecule has 0 unspecified atom stereocenters. The fourth-order valence-corrected chi connectivity index (χ4v) is 3.87. The van der Waals surface area contributed by atoms with Gasteiger partial charge < -0.3 is 19.7 Å². The van der Waals surface area contributed by atoms with Crippen LogP contribution in [-0.2, 0) is 4.79 Å². The molecule has 0 aromatic heterocycles. The number of nitrogens with one attached hydrogen (secondary N) is 1. The van der Waals surface area contributed by atoms with E-state index in [2.05, 4.69) is 10.1 Å². The van der Waals surface area contributed by atoms with Crippen LogP contribution in [0.2, 0.25) is 0 Å². The summed E-state index contributed by atoms with van der Waals surface area (Å²) in [7, 11) is 3.19. The number of ether oxygens (including phenoxy) is 2. The maximum absolute atomic E-state index is 12.7. The molecule has 2 aromatic rings. The summed E-state index contributed by atoms with van der Waals surface area (Å²) in [5.74, 6) is -0.345. The molecule has 0 saturated heterocycles. The number of benzene rings is 2. The molecule has 0 heterocycles. The molecular formula is C25H28F2N2O4. The Hall–Kier alpha value is -3.42. The molecule has 0 atom stereocenters. The Bertz CT molecular complexity index is 986. The first kappa shape index (κ1) is 24.2. The third kappa shape index (κ3) is 6.78. The van der Waals surface area contributed by atoms with Gasteiger partial charge in [-0.1, -0.05) is 25.3 Å². The smallest absolute Gasteiger partial charge is 0.387 e. The minimum atomic E-state index is -2.96. The highest BCUT2D eigenvalue weighted by molar-refractivity contribution is 6.02. The molecule has 0 aliphatic heterocycles. The molecule has 0 radical (unpaired) electrons. The van der Waals surface area contributed by atoms with E-state index < -0.39 is 6.61 Å². The zero-order chi connectivity index (χ0) is 23.8. The van der Waals surface area contributed by atoms with Crippen molar-refractivity contribution in [2.24, 2.45) is 0 Å². The van der Waals surface area contributed by atoms with Crippen LogP contribution in [0.1, 0.15) is 48.0 Å². The molecule has 2 aromatic carbocycles. The summed E-state index contributed by atoms with van der Waals surface area (Å²) in [6.45, 7) is -2.96. The number of alkyl halides is 2. The van der Waals surface area contributed by atoms with E-state index >= 15 is 0 Å². The lowest BCUT2D eigenvalue weighted by atomic mass is 9.94. The van der Waals surface area contributed by atoms with Crippen molar-refractivity contribution in [1.29, 1.82) is 0 Å². The van der Waals surface area contributed by atoms with Crippen molar-refractivity contribution in [3.8, 4) is 11.5 Å². The van der Waals surface area contributed by atoms with E-state index in [0.717, 1.165) is 25.7 Å². The fourth-order valence-electron chi connectivity index (χ4n) is 3.87. The second kappa shape index (κ2) is 11.4. The van der Waals surface area contributed by atoms with Crippen LogP contribution in [0.25, 0.3) is 6.08 Å². The van der Waals surface area contributed by atoms with Crippen molar-refractivity contribution in [1.82, 2.24) is 4.90 Å². The summed E-state index contributed by atoms with van der Waals surface area (Å²) < 4.78 is 34.3. The first-order valence-corrected chi connectivity index (χ1v) is 10.9. The monoisotopic (exact) mass is 458 g/mol. The molecular weight excluding hydrogens is 430 g/mol. The van der Waals surface area contributed by atoms with Gasteiger partial charge in [0.1, 0.15) is 0 Å². The summed E-state index contributed by atoms with van der Waals surface area (Å²) in [5, 5.41) is 2.73. The number of amides is 2. The van der Waals surface area contributed by atoms with Gasteiger partial charge in [0, 0.05) is 30.4 Å². The van der Waals surface area contributed by atoms with Gasteiger partial charge in [-0.2, -0.15) is 8.78 Å². The molecule has 6 nitrogen and oxygen atoms in total. The summed E-state index contributed by atoms with van der Waals surface area (Å²) in [6, 6.07) is 11.4. The zero-order valence-corrected chi connectivity index (χ0v) is 18.7. The number of halogens is 2. The quantitative estimate of drug-likeness (QED) is 0.542. The van der Waals surface area contributed by atoms with E-state index in [1.165, 1.54) is 43.9 Å². The Morgan fingerprint density at radius 2 is 1.76 bits per heavy atom. The van der Waals surface area contributed by atoms with Gasteiger partial charge >= 0.3 is 6.61 Å². The van der Waals surface area contributed by atoms with Crippen LogP contribution in [0.5, 0.6) is 11.5 Å². The molecule has 1 saturated carbocycles. The molecule has 8 heteroatoms. The van der Waals surface area contributed by atoms with Crippen molar-refractivity contribution in [2.45, 2.75) is 44.8 Å². The number of methoxy groups -OCH3 is 1. The molecule has 3 rings (SSSR count). The molecule has 1 N–H and O–H groups in total. The maximum Gasteiger partial charge on any atom is 0.387 e. The topological polar surface area (TPSA) is 67.9 Å². The molecule has 0 spiro atoms. The third-order valence-electron chi connectivity index (χ3n) is 5.67. The second-order valence-electron chi connectivity index (χ2n) is 7.90. The van der Waals surface area contributed by atoms with Gasteiger partial charge in [-0.25, -0.2) is 0 Å². The number of hydrogen-bond donors (Lipinski definition) is 1. The molecule has 33 heavy (non-hydrogen) atoms. The fraction of sp³-hybridized carbons (Fsp3) is 0.360. The van der Waals surface area contributed by atoms with Gasteiger partial charge in [-0.3, -0.25) is 9.59 Å². The Morgan fingerprint density at radius 3 is 2.39 bits per heavy atom. The molecule has 1 aliphatic carbocycles. The first-order chi connectivity index (χ1) is 15.9.